The molecular weight excluding hydrogens is 434 g/mol. The average Bonchev–Trinajstić information content (AvgIpc) is 2.84. The van der Waals surface area contributed by atoms with Crippen LogP contribution in [0.2, 0.25) is 0 Å². The molecule has 0 aromatic heterocycles. The van der Waals surface area contributed by atoms with Crippen molar-refractivity contribution in [1.82, 2.24) is 0 Å². The van der Waals surface area contributed by atoms with Gasteiger partial charge in [0.1, 0.15) is 17.2 Å². The van der Waals surface area contributed by atoms with E-state index in [1.165, 1.54) is 5.56 Å². The maximum absolute atomic E-state index is 13.7. The number of benzene rings is 4. The van der Waals surface area contributed by atoms with Crippen molar-refractivity contribution in [1.29, 1.82) is 0 Å². The third-order valence-electron chi connectivity index (χ3n) is 6.26. The van der Waals surface area contributed by atoms with Crippen molar-refractivity contribution in [2.75, 3.05) is 0 Å². The van der Waals surface area contributed by atoms with Crippen LogP contribution in [0.1, 0.15) is 58.9 Å². The lowest BCUT2D eigenvalue weighted by molar-refractivity contribution is 0.103. The SMILES string of the molecule is Cc1ccc(N=C2c3ccccc3C(=O)c3c(Oc4ccc(C(C)(C)C)cc4)ccc(O)c32)cc1. The number of ether oxygens (including phenoxy) is 1. The summed E-state index contributed by atoms with van der Waals surface area (Å²) in [4.78, 5) is 18.5. The topological polar surface area (TPSA) is 58.9 Å². The van der Waals surface area contributed by atoms with E-state index in [0.717, 1.165) is 11.3 Å². The summed E-state index contributed by atoms with van der Waals surface area (Å²) in [5.74, 6) is 0.798. The first-order valence-corrected chi connectivity index (χ1v) is 11.7. The standard InChI is InChI=1S/C31H27NO3/c1-19-9-13-21(14-10-19)32-29-23-7-5-6-8-24(23)30(34)28-26(18-17-25(33)27(28)29)35-22-15-11-20(12-16-22)31(2,3)4/h5-18,33H,1-4H3. The Morgan fingerprint density at radius 2 is 1.43 bits per heavy atom. The highest BCUT2D eigenvalue weighted by Crippen LogP contribution is 2.41. The summed E-state index contributed by atoms with van der Waals surface area (Å²) in [6, 6.07) is 26.3. The second-order valence-electron chi connectivity index (χ2n) is 9.88. The van der Waals surface area contributed by atoms with Gasteiger partial charge in [-0.1, -0.05) is 74.9 Å². The summed E-state index contributed by atoms with van der Waals surface area (Å²) < 4.78 is 6.21. The molecule has 4 aromatic carbocycles. The molecule has 4 aromatic rings. The molecule has 35 heavy (non-hydrogen) atoms. The maximum Gasteiger partial charge on any atom is 0.198 e. The minimum Gasteiger partial charge on any atom is -0.507 e. The number of rotatable bonds is 3. The third-order valence-corrected chi connectivity index (χ3v) is 6.26. The maximum atomic E-state index is 13.7. The largest absolute Gasteiger partial charge is 0.507 e. The van der Waals surface area contributed by atoms with E-state index in [0.29, 0.717) is 39.5 Å². The van der Waals surface area contributed by atoms with Crippen LogP contribution in [-0.4, -0.2) is 16.6 Å². The number of hydrogen-bond donors (Lipinski definition) is 1. The molecule has 0 unspecified atom stereocenters. The van der Waals surface area contributed by atoms with Crippen LogP contribution < -0.4 is 4.74 Å². The Balaban J connectivity index is 1.66. The second-order valence-corrected chi connectivity index (χ2v) is 9.88. The molecule has 0 radical (unpaired) electrons. The van der Waals surface area contributed by atoms with Gasteiger partial charge in [-0.2, -0.15) is 0 Å². The molecule has 1 N–H and O–H groups in total. The van der Waals surface area contributed by atoms with Gasteiger partial charge in [0.15, 0.2) is 5.78 Å². The number of phenolic OH excluding ortho intramolecular Hbond substituents is 1. The average molecular weight is 462 g/mol. The number of hydrogen-bond acceptors (Lipinski definition) is 4. The van der Waals surface area contributed by atoms with Crippen molar-refractivity contribution in [2.45, 2.75) is 33.1 Å². The van der Waals surface area contributed by atoms with E-state index in [1.54, 1.807) is 18.2 Å². The fourth-order valence-electron chi connectivity index (χ4n) is 4.29. The Kier molecular flexibility index (Phi) is 5.52. The lowest BCUT2D eigenvalue weighted by Crippen LogP contribution is -2.22. The van der Waals surface area contributed by atoms with Crippen LogP contribution in [0, 0.1) is 6.92 Å². The molecule has 0 bridgehead atoms. The first-order valence-electron chi connectivity index (χ1n) is 11.7. The van der Waals surface area contributed by atoms with Crippen LogP contribution in [0.5, 0.6) is 17.2 Å². The number of fused-ring (bicyclic) bond motifs is 2. The molecule has 1 aliphatic rings. The van der Waals surface area contributed by atoms with Crippen LogP contribution in [-0.2, 0) is 5.41 Å². The van der Waals surface area contributed by atoms with E-state index >= 15 is 0 Å². The van der Waals surface area contributed by atoms with Crippen molar-refractivity contribution in [3.63, 3.8) is 0 Å². The predicted molar refractivity (Wildman–Crippen MR) is 140 cm³/mol. The molecule has 0 saturated heterocycles. The summed E-state index contributed by atoms with van der Waals surface area (Å²) in [6.45, 7) is 8.49. The Morgan fingerprint density at radius 3 is 2.09 bits per heavy atom. The van der Waals surface area contributed by atoms with Gasteiger partial charge in [0.05, 0.1) is 22.5 Å². The summed E-state index contributed by atoms with van der Waals surface area (Å²) in [5.41, 5.74) is 5.55. The lowest BCUT2D eigenvalue weighted by atomic mass is 9.82. The molecule has 0 spiro atoms. The van der Waals surface area contributed by atoms with Crippen LogP contribution in [0.15, 0.2) is 89.9 Å². The molecule has 174 valence electrons. The number of nitrogens with zero attached hydrogens (tertiary/aromatic N) is 1. The van der Waals surface area contributed by atoms with Gasteiger partial charge in [-0.25, -0.2) is 4.99 Å². The van der Waals surface area contributed by atoms with Gasteiger partial charge in [0.25, 0.3) is 0 Å². The molecule has 4 heteroatoms. The van der Waals surface area contributed by atoms with Gasteiger partial charge in [-0.15, -0.1) is 0 Å². The summed E-state index contributed by atoms with van der Waals surface area (Å²) in [5, 5.41) is 10.9. The Hall–Kier alpha value is -4.18. The van der Waals surface area contributed by atoms with E-state index in [4.69, 9.17) is 9.73 Å². The first kappa shape index (κ1) is 22.6. The molecule has 0 amide bonds. The highest BCUT2D eigenvalue weighted by molar-refractivity contribution is 6.32. The van der Waals surface area contributed by atoms with Crippen molar-refractivity contribution < 1.29 is 14.6 Å². The van der Waals surface area contributed by atoms with E-state index < -0.39 is 0 Å². The van der Waals surface area contributed by atoms with Crippen molar-refractivity contribution in [2.24, 2.45) is 4.99 Å². The zero-order valence-electron chi connectivity index (χ0n) is 20.3. The molecule has 0 heterocycles. The van der Waals surface area contributed by atoms with Crippen LogP contribution in [0.3, 0.4) is 0 Å². The first-order chi connectivity index (χ1) is 16.7. The fraction of sp³-hybridized carbons (Fsp3) is 0.161. The Bertz CT molecular complexity index is 1460. The number of carbonyl (C=O) groups is 1. The van der Waals surface area contributed by atoms with Crippen LogP contribution in [0.4, 0.5) is 5.69 Å². The van der Waals surface area contributed by atoms with E-state index in [1.807, 2.05) is 73.7 Å². The smallest absolute Gasteiger partial charge is 0.198 e. The third kappa shape index (κ3) is 4.24. The summed E-state index contributed by atoms with van der Waals surface area (Å²) in [6.07, 6.45) is 0. The van der Waals surface area contributed by atoms with Gasteiger partial charge in [-0.05, 0) is 54.3 Å². The Morgan fingerprint density at radius 1 is 0.771 bits per heavy atom. The van der Waals surface area contributed by atoms with Gasteiger partial charge in [-0.3, -0.25) is 4.79 Å². The van der Waals surface area contributed by atoms with Crippen molar-refractivity contribution in [3.8, 4) is 17.2 Å². The van der Waals surface area contributed by atoms with Gasteiger partial charge in [0, 0.05) is 11.1 Å². The molecule has 1 aliphatic carbocycles. The second kappa shape index (κ2) is 8.55. The van der Waals surface area contributed by atoms with E-state index in [-0.39, 0.29) is 16.9 Å². The fourth-order valence-corrected chi connectivity index (χ4v) is 4.29. The molecule has 0 saturated carbocycles. The number of phenols is 1. The van der Waals surface area contributed by atoms with Crippen LogP contribution in [0.25, 0.3) is 0 Å². The minimum absolute atomic E-state index is 0.0101. The lowest BCUT2D eigenvalue weighted by Gasteiger charge is -2.24. The summed E-state index contributed by atoms with van der Waals surface area (Å²) >= 11 is 0. The van der Waals surface area contributed by atoms with Gasteiger partial charge >= 0.3 is 0 Å². The molecule has 4 nitrogen and oxygen atoms in total. The van der Waals surface area contributed by atoms with Gasteiger partial charge < -0.3 is 9.84 Å². The highest BCUT2D eigenvalue weighted by atomic mass is 16.5. The molecule has 0 fully saturated rings. The van der Waals surface area contributed by atoms with Crippen molar-refractivity contribution in [3.05, 3.63) is 118 Å². The van der Waals surface area contributed by atoms with E-state index in [9.17, 15) is 9.90 Å². The zero-order valence-corrected chi connectivity index (χ0v) is 20.3. The van der Waals surface area contributed by atoms with E-state index in [2.05, 4.69) is 20.8 Å². The molecule has 0 atom stereocenters. The number of aryl methyl sites for hydroxylation is 1. The minimum atomic E-state index is -0.198. The number of ketones is 1. The number of aromatic hydroxyl groups is 1. The molecule has 0 aliphatic heterocycles. The number of aliphatic imine (C=N–C) groups is 1. The monoisotopic (exact) mass is 461 g/mol. The van der Waals surface area contributed by atoms with Crippen molar-refractivity contribution >= 4 is 17.2 Å². The predicted octanol–water partition coefficient (Wildman–Crippen LogP) is 7.50. The molecule has 5 rings (SSSR count). The quantitative estimate of drug-likeness (QED) is 0.302. The summed E-state index contributed by atoms with van der Waals surface area (Å²) in [7, 11) is 0. The highest BCUT2D eigenvalue weighted by Gasteiger charge is 2.33. The number of carbonyl (C=O) groups excluding carboxylic acids is 1. The molecular formula is C31H27NO3. The normalized spacial score (nSPS) is 13.9. The van der Waals surface area contributed by atoms with Crippen LogP contribution >= 0.6 is 0 Å². The zero-order chi connectivity index (χ0) is 24.7. The Labute approximate surface area is 205 Å². The van der Waals surface area contributed by atoms with Gasteiger partial charge in [0.2, 0.25) is 0 Å².